The molecule has 1 aliphatic heterocycles. The lowest BCUT2D eigenvalue weighted by atomic mass is 9.90. The van der Waals surface area contributed by atoms with E-state index in [-0.39, 0.29) is 11.9 Å². The van der Waals surface area contributed by atoms with Gasteiger partial charge in [-0.1, -0.05) is 42.5 Å². The molecule has 7 nitrogen and oxygen atoms in total. The molecule has 0 bridgehead atoms. The fourth-order valence-corrected chi connectivity index (χ4v) is 4.00. The summed E-state index contributed by atoms with van der Waals surface area (Å²) in [6, 6.07) is 17.8. The largest absolute Gasteiger partial charge is 0.496 e. The number of amides is 3. The van der Waals surface area contributed by atoms with Crippen LogP contribution < -0.4 is 25.4 Å². The van der Waals surface area contributed by atoms with E-state index in [0.717, 1.165) is 16.3 Å². The first-order valence-electron chi connectivity index (χ1n) is 10.4. The Morgan fingerprint density at radius 1 is 1.03 bits per heavy atom. The molecule has 0 saturated heterocycles. The minimum absolute atomic E-state index is 0.345. The third-order valence-corrected chi connectivity index (χ3v) is 5.39. The van der Waals surface area contributed by atoms with Crippen molar-refractivity contribution in [3.8, 4) is 11.5 Å². The van der Waals surface area contributed by atoms with Crippen LogP contribution in [0, 0.1) is 0 Å². The van der Waals surface area contributed by atoms with E-state index in [0.29, 0.717) is 35.1 Å². The topological polar surface area (TPSA) is 88.7 Å². The number of hydrogen-bond donors (Lipinski definition) is 3. The van der Waals surface area contributed by atoms with Gasteiger partial charge in [-0.3, -0.25) is 4.79 Å². The molecule has 3 aromatic rings. The van der Waals surface area contributed by atoms with Crippen molar-refractivity contribution in [2.24, 2.45) is 0 Å². The number of fused-ring (bicyclic) bond motifs is 1. The van der Waals surface area contributed by atoms with Gasteiger partial charge in [-0.25, -0.2) is 4.79 Å². The predicted molar refractivity (Wildman–Crippen MR) is 124 cm³/mol. The Hall–Kier alpha value is -4.00. The van der Waals surface area contributed by atoms with Crippen molar-refractivity contribution >= 4 is 28.4 Å². The first kappa shape index (κ1) is 21.2. The van der Waals surface area contributed by atoms with E-state index >= 15 is 0 Å². The van der Waals surface area contributed by atoms with Crippen LogP contribution in [-0.4, -0.2) is 25.7 Å². The first-order chi connectivity index (χ1) is 15.5. The molecule has 0 fully saturated rings. The number of carbonyl (C=O) groups is 2. The van der Waals surface area contributed by atoms with Crippen molar-refractivity contribution in [2.75, 3.05) is 19.0 Å². The molecule has 32 heavy (non-hydrogen) atoms. The van der Waals surface area contributed by atoms with Crippen LogP contribution in [0.4, 0.5) is 10.5 Å². The summed E-state index contributed by atoms with van der Waals surface area (Å²) in [6.07, 6.45) is 0. The molecule has 0 radical (unpaired) electrons. The van der Waals surface area contributed by atoms with E-state index in [1.54, 1.807) is 26.2 Å². The number of anilines is 1. The van der Waals surface area contributed by atoms with Gasteiger partial charge in [-0.05, 0) is 42.8 Å². The van der Waals surface area contributed by atoms with Gasteiger partial charge in [0.1, 0.15) is 11.5 Å². The minimum atomic E-state index is -0.705. The van der Waals surface area contributed by atoms with Crippen LogP contribution in [0.5, 0.6) is 11.5 Å². The number of allylic oxidation sites excluding steroid dienone is 1. The Kier molecular flexibility index (Phi) is 5.98. The fraction of sp³-hybridized carbons (Fsp3) is 0.200. The fourth-order valence-electron chi connectivity index (χ4n) is 4.00. The molecule has 1 heterocycles. The van der Waals surface area contributed by atoms with Crippen molar-refractivity contribution in [1.82, 2.24) is 10.6 Å². The second-order valence-electron chi connectivity index (χ2n) is 7.36. The highest BCUT2D eigenvalue weighted by molar-refractivity contribution is 6.08. The number of carbonyl (C=O) groups excluding carboxylic acids is 2. The molecule has 4 rings (SSSR count). The number of methoxy groups -OCH3 is 1. The lowest BCUT2D eigenvalue weighted by molar-refractivity contribution is -0.113. The number of benzene rings is 3. The van der Waals surface area contributed by atoms with E-state index in [1.807, 2.05) is 55.5 Å². The predicted octanol–water partition coefficient (Wildman–Crippen LogP) is 4.51. The summed E-state index contributed by atoms with van der Waals surface area (Å²) in [5.74, 6) is 0.819. The number of rotatable bonds is 6. The van der Waals surface area contributed by atoms with E-state index in [4.69, 9.17) is 9.47 Å². The lowest BCUT2D eigenvalue weighted by Crippen LogP contribution is -2.46. The van der Waals surface area contributed by atoms with Gasteiger partial charge in [-0.2, -0.15) is 0 Å². The third kappa shape index (κ3) is 3.97. The zero-order valence-corrected chi connectivity index (χ0v) is 18.2. The van der Waals surface area contributed by atoms with Crippen molar-refractivity contribution in [3.05, 3.63) is 77.5 Å². The molecule has 1 unspecified atom stereocenters. The summed E-state index contributed by atoms with van der Waals surface area (Å²) in [7, 11) is 1.57. The van der Waals surface area contributed by atoms with Gasteiger partial charge < -0.3 is 25.4 Å². The van der Waals surface area contributed by atoms with Gasteiger partial charge in [-0.15, -0.1) is 0 Å². The SMILES string of the molecule is CCOc1ccccc1NC(=O)C1=C(C)NC(=O)NC1c1c(OC)ccc2ccccc12. The second kappa shape index (κ2) is 9.01. The zero-order valence-electron chi connectivity index (χ0n) is 18.2. The van der Waals surface area contributed by atoms with Gasteiger partial charge >= 0.3 is 6.03 Å². The van der Waals surface area contributed by atoms with Crippen LogP contribution in [0.25, 0.3) is 10.8 Å². The van der Waals surface area contributed by atoms with Crippen molar-refractivity contribution in [3.63, 3.8) is 0 Å². The summed E-state index contributed by atoms with van der Waals surface area (Å²) in [5.41, 5.74) is 2.15. The zero-order chi connectivity index (χ0) is 22.7. The average Bonchev–Trinajstić information content (AvgIpc) is 2.79. The molecule has 3 amide bonds. The standard InChI is InChI=1S/C25H25N3O4/c1-4-32-19-12-8-7-11-18(19)27-24(29)21-15(2)26-25(30)28-23(21)22-17-10-6-5-9-16(17)13-14-20(22)31-3/h5-14,23H,4H2,1-3H3,(H,27,29)(H2,26,28,30). The number of ether oxygens (including phenoxy) is 2. The highest BCUT2D eigenvalue weighted by Crippen LogP contribution is 2.39. The van der Waals surface area contributed by atoms with Crippen molar-refractivity contribution in [1.29, 1.82) is 0 Å². The lowest BCUT2D eigenvalue weighted by Gasteiger charge is -2.30. The Labute approximate surface area is 186 Å². The second-order valence-corrected chi connectivity index (χ2v) is 7.36. The number of nitrogens with one attached hydrogen (secondary N) is 3. The summed E-state index contributed by atoms with van der Waals surface area (Å²) < 4.78 is 11.3. The molecular formula is C25H25N3O4. The molecule has 7 heteroatoms. The Bertz CT molecular complexity index is 1220. The van der Waals surface area contributed by atoms with Gasteiger partial charge in [0.15, 0.2) is 0 Å². The summed E-state index contributed by atoms with van der Waals surface area (Å²) in [5, 5.41) is 10.4. The molecule has 1 atom stereocenters. The molecule has 164 valence electrons. The van der Waals surface area contributed by atoms with Gasteiger partial charge in [0.05, 0.1) is 31.0 Å². The van der Waals surface area contributed by atoms with E-state index in [2.05, 4.69) is 16.0 Å². The van der Waals surface area contributed by atoms with Crippen LogP contribution in [0.15, 0.2) is 71.9 Å². The van der Waals surface area contributed by atoms with Crippen LogP contribution in [-0.2, 0) is 4.79 Å². The van der Waals surface area contributed by atoms with Gasteiger partial charge in [0.2, 0.25) is 0 Å². The normalized spacial score (nSPS) is 15.7. The third-order valence-electron chi connectivity index (χ3n) is 5.39. The van der Waals surface area contributed by atoms with E-state index < -0.39 is 6.04 Å². The Morgan fingerprint density at radius 2 is 1.78 bits per heavy atom. The van der Waals surface area contributed by atoms with Crippen molar-refractivity contribution in [2.45, 2.75) is 19.9 Å². The molecule has 0 aliphatic carbocycles. The van der Waals surface area contributed by atoms with Crippen LogP contribution in [0.1, 0.15) is 25.5 Å². The Balaban J connectivity index is 1.81. The molecule has 0 aromatic heterocycles. The van der Waals surface area contributed by atoms with Crippen LogP contribution >= 0.6 is 0 Å². The summed E-state index contributed by atoms with van der Waals surface area (Å²) in [4.78, 5) is 25.9. The number of para-hydroxylation sites is 2. The molecule has 1 aliphatic rings. The van der Waals surface area contributed by atoms with Crippen LogP contribution in [0.3, 0.4) is 0 Å². The highest BCUT2D eigenvalue weighted by Gasteiger charge is 2.34. The minimum Gasteiger partial charge on any atom is -0.496 e. The van der Waals surface area contributed by atoms with Crippen LogP contribution in [0.2, 0.25) is 0 Å². The smallest absolute Gasteiger partial charge is 0.319 e. The summed E-state index contributed by atoms with van der Waals surface area (Å²) >= 11 is 0. The molecule has 0 saturated carbocycles. The van der Waals surface area contributed by atoms with Gasteiger partial charge in [0.25, 0.3) is 5.91 Å². The van der Waals surface area contributed by atoms with E-state index in [1.165, 1.54) is 0 Å². The number of urea groups is 1. The monoisotopic (exact) mass is 431 g/mol. The molecular weight excluding hydrogens is 406 g/mol. The quantitative estimate of drug-likeness (QED) is 0.536. The van der Waals surface area contributed by atoms with Gasteiger partial charge in [0, 0.05) is 11.3 Å². The highest BCUT2D eigenvalue weighted by atomic mass is 16.5. The molecule has 0 spiro atoms. The maximum atomic E-state index is 13.5. The maximum absolute atomic E-state index is 13.5. The number of hydrogen-bond acceptors (Lipinski definition) is 4. The Morgan fingerprint density at radius 3 is 2.56 bits per heavy atom. The summed E-state index contributed by atoms with van der Waals surface area (Å²) in [6.45, 7) is 4.07. The van der Waals surface area contributed by atoms with E-state index in [9.17, 15) is 9.59 Å². The molecule has 3 N–H and O–H groups in total. The first-order valence-corrected chi connectivity index (χ1v) is 10.4. The molecule has 3 aromatic carbocycles. The van der Waals surface area contributed by atoms with Crippen molar-refractivity contribution < 1.29 is 19.1 Å². The average molecular weight is 431 g/mol. The maximum Gasteiger partial charge on any atom is 0.319 e.